The second kappa shape index (κ2) is 6.76. The normalized spacial score (nSPS) is 12.1. The van der Waals surface area contributed by atoms with Gasteiger partial charge >= 0.3 is 0 Å². The number of ketones is 1. The van der Waals surface area contributed by atoms with E-state index in [0.717, 1.165) is 16.0 Å². The molecular weight excluding hydrogens is 287 g/mol. The van der Waals surface area contributed by atoms with Gasteiger partial charge in [-0.3, -0.25) is 9.00 Å². The molecule has 0 aliphatic rings. The quantitative estimate of drug-likeness (QED) is 0.787. The van der Waals surface area contributed by atoms with Crippen LogP contribution in [0.4, 0.5) is 4.39 Å². The number of hydrogen-bond acceptors (Lipinski definition) is 2. The van der Waals surface area contributed by atoms with Crippen molar-refractivity contribution >= 4 is 16.6 Å². The number of aryl methyl sites for hydroxylation is 2. The SMILES string of the molecule is Cc1ccc(C)c(S(=O)CCC(=O)c2ccc(F)cc2)c1. The lowest BCUT2D eigenvalue weighted by atomic mass is 10.1. The molecule has 21 heavy (non-hydrogen) atoms. The van der Waals surface area contributed by atoms with Crippen LogP contribution in [0.1, 0.15) is 27.9 Å². The topological polar surface area (TPSA) is 34.1 Å². The van der Waals surface area contributed by atoms with E-state index in [4.69, 9.17) is 0 Å². The molecule has 0 amide bonds. The Morgan fingerprint density at radius 2 is 1.76 bits per heavy atom. The van der Waals surface area contributed by atoms with Gasteiger partial charge in [-0.15, -0.1) is 0 Å². The summed E-state index contributed by atoms with van der Waals surface area (Å²) in [5.74, 6) is -0.209. The number of carbonyl (C=O) groups is 1. The van der Waals surface area contributed by atoms with Crippen LogP contribution in [0.3, 0.4) is 0 Å². The molecule has 1 unspecified atom stereocenters. The van der Waals surface area contributed by atoms with Gasteiger partial charge in [0, 0.05) is 22.6 Å². The monoisotopic (exact) mass is 304 g/mol. The first-order chi connectivity index (χ1) is 9.97. The molecule has 2 aromatic carbocycles. The van der Waals surface area contributed by atoms with Gasteiger partial charge in [-0.1, -0.05) is 12.1 Å². The zero-order valence-electron chi connectivity index (χ0n) is 12.1. The summed E-state index contributed by atoms with van der Waals surface area (Å²) >= 11 is 0. The average molecular weight is 304 g/mol. The van der Waals surface area contributed by atoms with E-state index in [1.807, 2.05) is 32.0 Å². The lowest BCUT2D eigenvalue weighted by Crippen LogP contribution is -2.07. The van der Waals surface area contributed by atoms with Crippen molar-refractivity contribution in [3.05, 3.63) is 65.0 Å². The van der Waals surface area contributed by atoms with E-state index in [1.54, 1.807) is 0 Å². The van der Waals surface area contributed by atoms with E-state index in [1.165, 1.54) is 24.3 Å². The van der Waals surface area contributed by atoms with Crippen molar-refractivity contribution in [1.29, 1.82) is 0 Å². The second-order valence-corrected chi connectivity index (χ2v) is 6.54. The van der Waals surface area contributed by atoms with Crippen molar-refractivity contribution in [3.8, 4) is 0 Å². The molecule has 2 nitrogen and oxygen atoms in total. The molecule has 4 heteroatoms. The largest absolute Gasteiger partial charge is 0.294 e. The highest BCUT2D eigenvalue weighted by atomic mass is 32.2. The van der Waals surface area contributed by atoms with Crippen molar-refractivity contribution in [2.75, 3.05) is 5.75 Å². The Labute approximate surface area is 126 Å². The smallest absolute Gasteiger partial charge is 0.163 e. The molecule has 1 atom stereocenters. The van der Waals surface area contributed by atoms with Gasteiger partial charge < -0.3 is 0 Å². The minimum Gasteiger partial charge on any atom is -0.294 e. The summed E-state index contributed by atoms with van der Waals surface area (Å²) in [5.41, 5.74) is 2.47. The van der Waals surface area contributed by atoms with E-state index in [2.05, 4.69) is 0 Å². The Balaban J connectivity index is 2.02. The molecule has 0 heterocycles. The fourth-order valence-electron chi connectivity index (χ4n) is 2.03. The predicted octanol–water partition coefficient (Wildman–Crippen LogP) is 3.82. The lowest BCUT2D eigenvalue weighted by molar-refractivity contribution is 0.0989. The molecule has 0 aliphatic carbocycles. The first kappa shape index (κ1) is 15.6. The molecule has 0 spiro atoms. The minimum absolute atomic E-state index is 0.117. The van der Waals surface area contributed by atoms with Crippen molar-refractivity contribution in [2.45, 2.75) is 25.2 Å². The van der Waals surface area contributed by atoms with E-state index >= 15 is 0 Å². The summed E-state index contributed by atoms with van der Waals surface area (Å²) in [7, 11) is -1.20. The Morgan fingerprint density at radius 1 is 1.10 bits per heavy atom. The number of hydrogen-bond donors (Lipinski definition) is 0. The molecule has 0 aliphatic heterocycles. The zero-order valence-corrected chi connectivity index (χ0v) is 12.9. The van der Waals surface area contributed by atoms with E-state index in [0.29, 0.717) is 5.56 Å². The zero-order chi connectivity index (χ0) is 15.4. The summed E-state index contributed by atoms with van der Waals surface area (Å²) < 4.78 is 25.1. The molecule has 0 saturated carbocycles. The number of rotatable bonds is 5. The Kier molecular flexibility index (Phi) is 5.02. The maximum atomic E-state index is 12.8. The lowest BCUT2D eigenvalue weighted by Gasteiger charge is -2.07. The number of benzene rings is 2. The molecule has 0 N–H and O–H groups in total. The van der Waals surface area contributed by atoms with E-state index < -0.39 is 10.8 Å². The fraction of sp³-hybridized carbons (Fsp3) is 0.235. The maximum absolute atomic E-state index is 12.8. The molecule has 0 radical (unpaired) electrons. The summed E-state index contributed by atoms with van der Waals surface area (Å²) in [5, 5.41) is 0. The summed E-state index contributed by atoms with van der Waals surface area (Å²) in [6.45, 7) is 3.86. The van der Waals surface area contributed by atoms with Crippen molar-refractivity contribution < 1.29 is 13.4 Å². The van der Waals surface area contributed by atoms with Crippen molar-refractivity contribution in [3.63, 3.8) is 0 Å². The molecular formula is C17H17FO2S. The Morgan fingerprint density at radius 3 is 2.43 bits per heavy atom. The number of Topliss-reactive ketones (excluding diaryl/α,β-unsaturated/α-hetero) is 1. The van der Waals surface area contributed by atoms with Crippen LogP contribution in [0.2, 0.25) is 0 Å². The van der Waals surface area contributed by atoms with Gasteiger partial charge in [0.1, 0.15) is 5.82 Å². The third kappa shape index (κ3) is 4.08. The van der Waals surface area contributed by atoms with Gasteiger partial charge in [0.25, 0.3) is 0 Å². The molecule has 2 aromatic rings. The third-order valence-corrected chi connectivity index (χ3v) is 4.77. The van der Waals surface area contributed by atoms with Gasteiger partial charge in [-0.05, 0) is 55.3 Å². The van der Waals surface area contributed by atoms with Crippen molar-refractivity contribution in [2.24, 2.45) is 0 Å². The number of halogens is 1. The van der Waals surface area contributed by atoms with Gasteiger partial charge in [0.2, 0.25) is 0 Å². The van der Waals surface area contributed by atoms with Crippen LogP contribution in [-0.4, -0.2) is 15.7 Å². The third-order valence-electron chi connectivity index (χ3n) is 3.27. The predicted molar refractivity (Wildman–Crippen MR) is 82.5 cm³/mol. The number of carbonyl (C=O) groups excluding carboxylic acids is 1. The molecule has 0 fully saturated rings. The molecule has 110 valence electrons. The van der Waals surface area contributed by atoms with E-state index in [9.17, 15) is 13.4 Å². The van der Waals surface area contributed by atoms with Crippen LogP contribution >= 0.6 is 0 Å². The average Bonchev–Trinajstić information content (AvgIpc) is 2.47. The first-order valence-electron chi connectivity index (χ1n) is 6.72. The van der Waals surface area contributed by atoms with Crippen LogP contribution in [-0.2, 0) is 10.8 Å². The summed E-state index contributed by atoms with van der Waals surface area (Å²) in [6.07, 6.45) is 0.186. The van der Waals surface area contributed by atoms with Gasteiger partial charge in [-0.2, -0.15) is 0 Å². The Bertz CT molecular complexity index is 678. The van der Waals surface area contributed by atoms with Crippen LogP contribution in [0, 0.1) is 19.7 Å². The van der Waals surface area contributed by atoms with Gasteiger partial charge in [-0.25, -0.2) is 4.39 Å². The van der Waals surface area contributed by atoms with Gasteiger partial charge in [0.05, 0.1) is 10.8 Å². The van der Waals surface area contributed by atoms with Crippen LogP contribution in [0.15, 0.2) is 47.4 Å². The summed E-state index contributed by atoms with van der Waals surface area (Å²) in [6, 6.07) is 11.2. The fourth-order valence-corrected chi connectivity index (χ4v) is 3.36. The first-order valence-corrected chi connectivity index (χ1v) is 8.03. The highest BCUT2D eigenvalue weighted by molar-refractivity contribution is 7.85. The standard InChI is InChI=1S/C17H17FO2S/c1-12-3-4-13(2)17(11-12)21(20)10-9-16(19)14-5-7-15(18)8-6-14/h3-8,11H,9-10H2,1-2H3. The highest BCUT2D eigenvalue weighted by Crippen LogP contribution is 2.16. The van der Waals surface area contributed by atoms with Crippen LogP contribution < -0.4 is 0 Å². The highest BCUT2D eigenvalue weighted by Gasteiger charge is 2.12. The maximum Gasteiger partial charge on any atom is 0.163 e. The second-order valence-electron chi connectivity index (χ2n) is 5.00. The van der Waals surface area contributed by atoms with Crippen LogP contribution in [0.5, 0.6) is 0 Å². The molecule has 0 bridgehead atoms. The Hall–Kier alpha value is -1.81. The van der Waals surface area contributed by atoms with Crippen molar-refractivity contribution in [1.82, 2.24) is 0 Å². The van der Waals surface area contributed by atoms with Gasteiger partial charge in [0.15, 0.2) is 5.78 Å². The van der Waals surface area contributed by atoms with E-state index in [-0.39, 0.29) is 23.8 Å². The van der Waals surface area contributed by atoms with Crippen LogP contribution in [0.25, 0.3) is 0 Å². The molecule has 0 aromatic heterocycles. The summed E-state index contributed by atoms with van der Waals surface area (Å²) in [4.78, 5) is 12.8. The molecule has 2 rings (SSSR count). The molecule has 0 saturated heterocycles. The minimum atomic E-state index is -1.20.